The van der Waals surface area contributed by atoms with Crippen LogP contribution in [0.25, 0.3) is 0 Å². The molecule has 1 unspecified atom stereocenters. The summed E-state index contributed by atoms with van der Waals surface area (Å²) >= 11 is 0. The zero-order valence-electron chi connectivity index (χ0n) is 19.3. The number of nitrogens with zero attached hydrogens (tertiary/aromatic N) is 1. The van der Waals surface area contributed by atoms with Gasteiger partial charge < -0.3 is 28.6 Å². The molecule has 0 aliphatic carbocycles. The van der Waals surface area contributed by atoms with Crippen LogP contribution in [0.5, 0.6) is 28.7 Å². The van der Waals surface area contributed by atoms with E-state index >= 15 is 0 Å². The molecular weight excluding hydrogens is 398 g/mol. The standard InChI is InChI=1S/C24H31NO6/c1-14(2)22-17-13-19(28-4)18(27-3)10-15(17)8-9-25(22)24(26)16-11-20(29-5)23(31-7)21(12-16)30-6/h10-14,22H,8-9H2,1-7H3. The van der Waals surface area contributed by atoms with Crippen molar-refractivity contribution < 1.29 is 28.5 Å². The number of rotatable bonds is 7. The molecule has 1 amide bonds. The molecule has 2 aromatic carbocycles. The van der Waals surface area contributed by atoms with Gasteiger partial charge in [-0.2, -0.15) is 0 Å². The van der Waals surface area contributed by atoms with Crippen molar-refractivity contribution in [2.45, 2.75) is 26.3 Å². The van der Waals surface area contributed by atoms with Crippen molar-refractivity contribution >= 4 is 5.91 Å². The van der Waals surface area contributed by atoms with E-state index in [0.717, 1.165) is 12.0 Å². The Morgan fingerprint density at radius 2 is 1.39 bits per heavy atom. The second kappa shape index (κ2) is 9.37. The van der Waals surface area contributed by atoms with Crippen LogP contribution in [0, 0.1) is 5.92 Å². The lowest BCUT2D eigenvalue weighted by Crippen LogP contribution is -2.42. The molecule has 7 nitrogen and oxygen atoms in total. The van der Waals surface area contributed by atoms with E-state index in [0.29, 0.717) is 40.9 Å². The molecule has 0 N–H and O–H groups in total. The first-order valence-corrected chi connectivity index (χ1v) is 10.3. The Bertz CT molecular complexity index is 930. The Hall–Kier alpha value is -3.09. The van der Waals surface area contributed by atoms with Crippen LogP contribution in [0.15, 0.2) is 24.3 Å². The molecule has 0 aromatic heterocycles. The van der Waals surface area contributed by atoms with Gasteiger partial charge >= 0.3 is 0 Å². The lowest BCUT2D eigenvalue weighted by atomic mass is 9.85. The lowest BCUT2D eigenvalue weighted by Gasteiger charge is -2.40. The highest BCUT2D eigenvalue weighted by Crippen LogP contribution is 2.43. The number of hydrogen-bond acceptors (Lipinski definition) is 6. The van der Waals surface area contributed by atoms with Crippen LogP contribution >= 0.6 is 0 Å². The van der Waals surface area contributed by atoms with Crippen molar-refractivity contribution in [2.75, 3.05) is 42.1 Å². The molecule has 1 aliphatic heterocycles. The smallest absolute Gasteiger partial charge is 0.254 e. The minimum absolute atomic E-state index is 0.0848. The summed E-state index contributed by atoms with van der Waals surface area (Å²) in [6.45, 7) is 4.83. The fourth-order valence-electron chi connectivity index (χ4n) is 4.29. The quantitative estimate of drug-likeness (QED) is 0.660. The van der Waals surface area contributed by atoms with Gasteiger partial charge in [0.25, 0.3) is 5.91 Å². The second-order valence-corrected chi connectivity index (χ2v) is 7.76. The molecule has 2 aromatic rings. The molecule has 1 aliphatic rings. The largest absolute Gasteiger partial charge is 0.493 e. The summed E-state index contributed by atoms with van der Waals surface area (Å²) in [5.74, 6) is 2.84. The number of carbonyl (C=O) groups is 1. The number of amides is 1. The fourth-order valence-corrected chi connectivity index (χ4v) is 4.29. The predicted molar refractivity (Wildman–Crippen MR) is 118 cm³/mol. The minimum Gasteiger partial charge on any atom is -0.493 e. The fraction of sp³-hybridized carbons (Fsp3) is 0.458. The Balaban J connectivity index is 2.06. The van der Waals surface area contributed by atoms with Gasteiger partial charge in [0, 0.05) is 12.1 Å². The van der Waals surface area contributed by atoms with Crippen molar-refractivity contribution in [2.24, 2.45) is 5.92 Å². The van der Waals surface area contributed by atoms with Crippen LogP contribution in [0.3, 0.4) is 0 Å². The average Bonchev–Trinajstić information content (AvgIpc) is 2.80. The van der Waals surface area contributed by atoms with Gasteiger partial charge in [-0.05, 0) is 47.7 Å². The molecule has 0 saturated heterocycles. The highest BCUT2D eigenvalue weighted by molar-refractivity contribution is 5.96. The van der Waals surface area contributed by atoms with Crippen LogP contribution in [0.2, 0.25) is 0 Å². The van der Waals surface area contributed by atoms with Crippen molar-refractivity contribution in [3.8, 4) is 28.7 Å². The van der Waals surface area contributed by atoms with Crippen LogP contribution in [-0.4, -0.2) is 52.9 Å². The molecule has 31 heavy (non-hydrogen) atoms. The summed E-state index contributed by atoms with van der Waals surface area (Å²) in [6.07, 6.45) is 0.731. The molecule has 168 valence electrons. The van der Waals surface area contributed by atoms with Gasteiger partial charge in [-0.1, -0.05) is 13.8 Å². The van der Waals surface area contributed by atoms with E-state index in [1.807, 2.05) is 17.0 Å². The zero-order chi connectivity index (χ0) is 22.7. The van der Waals surface area contributed by atoms with Crippen molar-refractivity contribution in [3.63, 3.8) is 0 Å². The van der Waals surface area contributed by atoms with Crippen molar-refractivity contribution in [3.05, 3.63) is 41.0 Å². The summed E-state index contributed by atoms with van der Waals surface area (Å²) in [5, 5.41) is 0. The summed E-state index contributed by atoms with van der Waals surface area (Å²) in [5.41, 5.74) is 2.74. The number of hydrogen-bond donors (Lipinski definition) is 0. The first-order valence-electron chi connectivity index (χ1n) is 10.3. The molecule has 1 heterocycles. The van der Waals surface area contributed by atoms with Gasteiger partial charge in [0.2, 0.25) is 5.75 Å². The first kappa shape index (κ1) is 22.6. The number of methoxy groups -OCH3 is 5. The minimum atomic E-state index is -0.102. The van der Waals surface area contributed by atoms with Crippen LogP contribution in [-0.2, 0) is 6.42 Å². The number of ether oxygens (including phenoxy) is 5. The molecule has 0 bridgehead atoms. The van der Waals surface area contributed by atoms with Crippen LogP contribution in [0.4, 0.5) is 0 Å². The third kappa shape index (κ3) is 4.09. The van der Waals surface area contributed by atoms with Crippen LogP contribution < -0.4 is 23.7 Å². The molecule has 7 heteroatoms. The van der Waals surface area contributed by atoms with E-state index in [-0.39, 0.29) is 17.9 Å². The van der Waals surface area contributed by atoms with E-state index in [1.54, 1.807) is 47.7 Å². The van der Waals surface area contributed by atoms with Crippen molar-refractivity contribution in [1.29, 1.82) is 0 Å². The topological polar surface area (TPSA) is 66.5 Å². The average molecular weight is 430 g/mol. The molecule has 0 fully saturated rings. The molecular formula is C24H31NO6. The first-order chi connectivity index (χ1) is 14.9. The highest BCUT2D eigenvalue weighted by atomic mass is 16.5. The zero-order valence-corrected chi connectivity index (χ0v) is 19.3. The van der Waals surface area contributed by atoms with E-state index in [9.17, 15) is 4.79 Å². The monoisotopic (exact) mass is 429 g/mol. The van der Waals surface area contributed by atoms with Gasteiger partial charge in [-0.15, -0.1) is 0 Å². The van der Waals surface area contributed by atoms with E-state index in [2.05, 4.69) is 13.8 Å². The molecule has 0 saturated carbocycles. The number of benzene rings is 2. The normalized spacial score (nSPS) is 15.4. The maximum atomic E-state index is 13.7. The van der Waals surface area contributed by atoms with Gasteiger partial charge in [0.15, 0.2) is 23.0 Å². The Morgan fingerprint density at radius 1 is 0.839 bits per heavy atom. The van der Waals surface area contributed by atoms with E-state index < -0.39 is 0 Å². The number of fused-ring (bicyclic) bond motifs is 1. The Labute approximate surface area is 183 Å². The lowest BCUT2D eigenvalue weighted by molar-refractivity contribution is 0.0602. The summed E-state index contributed by atoms with van der Waals surface area (Å²) in [7, 11) is 7.88. The second-order valence-electron chi connectivity index (χ2n) is 7.76. The highest BCUT2D eigenvalue weighted by Gasteiger charge is 2.35. The van der Waals surface area contributed by atoms with Gasteiger partial charge in [0.1, 0.15) is 0 Å². The van der Waals surface area contributed by atoms with Gasteiger partial charge in [0.05, 0.1) is 41.6 Å². The Kier molecular flexibility index (Phi) is 6.83. The third-order valence-electron chi connectivity index (χ3n) is 5.73. The molecule has 0 spiro atoms. The maximum Gasteiger partial charge on any atom is 0.254 e. The van der Waals surface area contributed by atoms with E-state index in [1.165, 1.54) is 5.56 Å². The van der Waals surface area contributed by atoms with Crippen molar-refractivity contribution in [1.82, 2.24) is 4.90 Å². The Morgan fingerprint density at radius 3 is 1.87 bits per heavy atom. The SMILES string of the molecule is COc1cc2c(cc1OC)C(C(C)C)N(C(=O)c1cc(OC)c(OC)c(OC)c1)CC2. The molecule has 0 radical (unpaired) electrons. The predicted octanol–water partition coefficient (Wildman–Crippen LogP) is 4.13. The van der Waals surface area contributed by atoms with Crippen LogP contribution in [0.1, 0.15) is 41.4 Å². The van der Waals surface area contributed by atoms with Gasteiger partial charge in [-0.3, -0.25) is 4.79 Å². The molecule has 3 rings (SSSR count). The van der Waals surface area contributed by atoms with Gasteiger partial charge in [-0.25, -0.2) is 0 Å². The third-order valence-corrected chi connectivity index (χ3v) is 5.73. The maximum absolute atomic E-state index is 13.7. The summed E-state index contributed by atoms with van der Waals surface area (Å²) in [4.78, 5) is 15.6. The molecule has 1 atom stereocenters. The number of carbonyl (C=O) groups excluding carboxylic acids is 1. The summed E-state index contributed by atoms with van der Waals surface area (Å²) < 4.78 is 27.3. The van der Waals surface area contributed by atoms with E-state index in [4.69, 9.17) is 23.7 Å². The summed E-state index contributed by atoms with van der Waals surface area (Å²) in [6, 6.07) is 7.31.